The Morgan fingerprint density at radius 3 is 1.44 bits per heavy atom. The van der Waals surface area contributed by atoms with Gasteiger partial charge in [0.25, 0.3) is 0 Å². The van der Waals surface area contributed by atoms with Gasteiger partial charge in [-0.15, -0.1) is 0 Å². The van der Waals surface area contributed by atoms with Crippen LogP contribution in [0.5, 0.6) is 0 Å². The van der Waals surface area contributed by atoms with Crippen molar-refractivity contribution in [1.82, 2.24) is 9.80 Å². The third kappa shape index (κ3) is 14.0. The maximum absolute atomic E-state index is 4.95. The van der Waals surface area contributed by atoms with Crippen LogP contribution < -0.4 is 0 Å². The predicted octanol–water partition coefficient (Wildman–Crippen LogP) is 4.92. The summed E-state index contributed by atoms with van der Waals surface area (Å²) >= 11 is 0. The van der Waals surface area contributed by atoms with Crippen LogP contribution in [0.4, 0.5) is 0 Å². The quantitative estimate of drug-likeness (QED) is 0.602. The molecule has 0 amide bonds. The van der Waals surface area contributed by atoms with Crippen molar-refractivity contribution in [2.24, 2.45) is 0 Å². The van der Waals surface area contributed by atoms with E-state index < -0.39 is 9.20 Å². The van der Waals surface area contributed by atoms with Gasteiger partial charge in [0.2, 0.25) is 0 Å². The molecule has 7 heteroatoms. The molecule has 0 atom stereocenters. The summed E-state index contributed by atoms with van der Waals surface area (Å²) in [5.74, 6) is 0. The van der Waals surface area contributed by atoms with Crippen LogP contribution in [0.2, 0.25) is 0 Å². The Morgan fingerprint density at radius 2 is 1.17 bits per heavy atom. The first kappa shape index (κ1) is 19.6. The van der Waals surface area contributed by atoms with Crippen molar-refractivity contribution in [2.45, 2.75) is 39.5 Å². The van der Waals surface area contributed by atoms with E-state index in [9.17, 15) is 0 Å². The van der Waals surface area contributed by atoms with Crippen LogP contribution in [-0.2, 0) is 9.20 Å². The molecule has 0 unspecified atom stereocenters. The number of hydrogen-bond donors (Lipinski definition) is 0. The Balaban J connectivity index is 0.000000494. The Hall–Kier alpha value is 1.60. The average Bonchev–Trinajstić information content (AvgIpc) is 2.69. The molecule has 0 aromatic rings. The van der Waals surface area contributed by atoms with Crippen LogP contribution in [0.1, 0.15) is 39.5 Å². The second kappa shape index (κ2) is 11.3. The van der Waals surface area contributed by atoms with Gasteiger partial charge in [-0.2, -0.15) is 0 Å². The maximum atomic E-state index is 4.95. The average molecular weight is 382 g/mol. The molecule has 1 rings (SSSR count). The zero-order chi connectivity index (χ0) is 14.0. The molecule has 0 bridgehead atoms. The Kier molecular flexibility index (Phi) is 12.3. The van der Waals surface area contributed by atoms with Crippen molar-refractivity contribution in [3.63, 3.8) is 0 Å². The molecule has 1 saturated heterocycles. The first-order valence-corrected chi connectivity index (χ1v) is 12.4. The fourth-order valence-electron chi connectivity index (χ4n) is 1.84. The molecule has 1 aliphatic heterocycles. The Bertz CT molecular complexity index is 182. The van der Waals surface area contributed by atoms with Gasteiger partial charge in [-0.3, -0.25) is 9.80 Å². The summed E-state index contributed by atoms with van der Waals surface area (Å²) < 4.78 is 0. The van der Waals surface area contributed by atoms with Gasteiger partial charge in [0.15, 0.2) is 0 Å². The van der Waals surface area contributed by atoms with Gasteiger partial charge in [-0.1, -0.05) is 26.7 Å². The van der Waals surface area contributed by atoms with Gasteiger partial charge >= 0.3 is 49.6 Å². The summed E-state index contributed by atoms with van der Waals surface area (Å²) in [6.45, 7) is 11.0. The standard InChI is InChI=1S/C11H24N2.4ClH.Fe/c1-3-5-7-12-9-10-13(11-12)8-6-4-2;;;;;/h3-11H2,1-2H3;4*1H;/q;;;;;+3/p-4. The van der Waals surface area contributed by atoms with Crippen molar-refractivity contribution in [3.05, 3.63) is 0 Å². The first-order valence-electron chi connectivity index (χ1n) is 6.35. The van der Waals surface area contributed by atoms with E-state index in [1.165, 1.54) is 58.5 Å². The summed E-state index contributed by atoms with van der Waals surface area (Å²) in [6, 6.07) is 0. The van der Waals surface area contributed by atoms with Crippen LogP contribution in [0, 0.1) is 0 Å². The minimum absolute atomic E-state index is 1.22. The predicted molar refractivity (Wildman–Crippen MR) is 81.2 cm³/mol. The van der Waals surface area contributed by atoms with E-state index in [0.717, 1.165) is 0 Å². The summed E-state index contributed by atoms with van der Waals surface area (Å²) in [5.41, 5.74) is 0. The SMILES string of the molecule is CCCCN1CCN(CCCC)C1.[Cl][Fe-]([Cl])([Cl])[Cl]. The summed E-state index contributed by atoms with van der Waals surface area (Å²) in [7, 11) is 17.2. The van der Waals surface area contributed by atoms with E-state index in [4.69, 9.17) is 40.4 Å². The molecule has 1 aliphatic rings. The molecule has 18 heavy (non-hydrogen) atoms. The fraction of sp³-hybridized carbons (Fsp3) is 1.00. The molecule has 1 heterocycles. The molecule has 0 spiro atoms. The zero-order valence-corrected chi connectivity index (χ0v) is 15.3. The zero-order valence-electron chi connectivity index (χ0n) is 11.1. The van der Waals surface area contributed by atoms with Gasteiger partial charge in [-0.25, -0.2) is 0 Å². The van der Waals surface area contributed by atoms with E-state index in [-0.39, 0.29) is 0 Å². The van der Waals surface area contributed by atoms with Crippen LogP contribution in [0.25, 0.3) is 0 Å². The van der Waals surface area contributed by atoms with Gasteiger partial charge < -0.3 is 0 Å². The van der Waals surface area contributed by atoms with Crippen molar-refractivity contribution < 1.29 is 9.20 Å². The van der Waals surface area contributed by atoms with Crippen LogP contribution in [0.3, 0.4) is 0 Å². The van der Waals surface area contributed by atoms with Gasteiger partial charge in [0, 0.05) is 13.1 Å². The van der Waals surface area contributed by atoms with E-state index in [1.807, 2.05) is 0 Å². The van der Waals surface area contributed by atoms with Crippen molar-refractivity contribution >= 4 is 40.4 Å². The van der Waals surface area contributed by atoms with Crippen LogP contribution in [-0.4, -0.2) is 42.6 Å². The number of hydrogen-bond acceptors (Lipinski definition) is 2. The topological polar surface area (TPSA) is 6.48 Å². The second-order valence-corrected chi connectivity index (χ2v) is 15.3. The fourth-order valence-corrected chi connectivity index (χ4v) is 1.84. The van der Waals surface area contributed by atoms with Gasteiger partial charge in [-0.05, 0) is 25.9 Å². The van der Waals surface area contributed by atoms with E-state index in [1.54, 1.807) is 0 Å². The van der Waals surface area contributed by atoms with Crippen molar-refractivity contribution in [2.75, 3.05) is 32.8 Å². The number of halogens is 4. The van der Waals surface area contributed by atoms with Crippen LogP contribution in [0.15, 0.2) is 0 Å². The Labute approximate surface area is 131 Å². The van der Waals surface area contributed by atoms with E-state index >= 15 is 0 Å². The second-order valence-electron chi connectivity index (χ2n) is 4.39. The summed E-state index contributed by atoms with van der Waals surface area (Å²) in [5, 5.41) is 0. The van der Waals surface area contributed by atoms with E-state index in [0.29, 0.717) is 0 Å². The van der Waals surface area contributed by atoms with Gasteiger partial charge in [0.05, 0.1) is 6.67 Å². The molecule has 0 aromatic heterocycles. The molecule has 115 valence electrons. The third-order valence-electron chi connectivity index (χ3n) is 2.79. The van der Waals surface area contributed by atoms with Gasteiger partial charge in [0.1, 0.15) is 0 Å². The molecule has 0 N–H and O–H groups in total. The molecule has 2 nitrogen and oxygen atoms in total. The van der Waals surface area contributed by atoms with E-state index in [2.05, 4.69) is 23.6 Å². The monoisotopic (exact) mass is 380 g/mol. The summed E-state index contributed by atoms with van der Waals surface area (Å²) in [6.07, 6.45) is 5.38. The van der Waals surface area contributed by atoms with Crippen LogP contribution >= 0.6 is 40.4 Å². The molecule has 0 radical (unpaired) electrons. The molecule has 0 aliphatic carbocycles. The molecule has 0 aromatic carbocycles. The van der Waals surface area contributed by atoms with Crippen molar-refractivity contribution in [3.8, 4) is 0 Å². The Morgan fingerprint density at radius 1 is 0.833 bits per heavy atom. The normalized spacial score (nSPS) is 18.6. The third-order valence-corrected chi connectivity index (χ3v) is 2.79. The molecule has 0 saturated carbocycles. The first-order chi connectivity index (χ1) is 8.36. The number of rotatable bonds is 6. The summed E-state index contributed by atoms with van der Waals surface area (Å²) in [4.78, 5) is 5.16. The number of nitrogens with zero attached hydrogens (tertiary/aromatic N) is 2. The number of unbranched alkanes of at least 4 members (excludes halogenated alkanes) is 2. The molecule has 1 fully saturated rings. The van der Waals surface area contributed by atoms with Crippen molar-refractivity contribution in [1.29, 1.82) is 0 Å². The minimum atomic E-state index is -2.61. The molecular formula is C11H24Cl4FeN2-. The molecular weight excluding hydrogens is 358 g/mol.